The Balaban J connectivity index is 0.935. The molecule has 13 heteroatoms. The summed E-state index contributed by atoms with van der Waals surface area (Å²) < 4.78 is 15.1. The Kier molecular flexibility index (Phi) is 9.27. The number of nitrogens with one attached hydrogen (secondary N) is 4. The lowest BCUT2D eigenvalue weighted by molar-refractivity contribution is -0.136. The van der Waals surface area contributed by atoms with Gasteiger partial charge in [0.1, 0.15) is 11.9 Å². The highest BCUT2D eigenvalue weighted by Gasteiger charge is 2.40. The van der Waals surface area contributed by atoms with Gasteiger partial charge >= 0.3 is 0 Å². The van der Waals surface area contributed by atoms with Crippen molar-refractivity contribution in [3.05, 3.63) is 131 Å². The first-order valence-corrected chi connectivity index (χ1v) is 16.4. The first-order valence-electron chi connectivity index (χ1n) is 16.4. The van der Waals surface area contributed by atoms with Crippen LogP contribution in [0.15, 0.2) is 91.4 Å². The van der Waals surface area contributed by atoms with Gasteiger partial charge in [0.25, 0.3) is 11.8 Å². The molecule has 4 amide bonds. The maximum Gasteiger partial charge on any atom is 0.258 e. The largest absolute Gasteiger partial charge is 0.324 e. The van der Waals surface area contributed by atoms with Crippen LogP contribution in [-0.4, -0.2) is 49.5 Å². The van der Waals surface area contributed by atoms with Crippen molar-refractivity contribution in [3.63, 3.8) is 0 Å². The monoisotopic (exact) mass is 684 g/mol. The minimum absolute atomic E-state index is 0.0314. The highest BCUT2D eigenvalue weighted by atomic mass is 19.1. The number of benzene rings is 3. The molecule has 2 aromatic heterocycles. The SMILES string of the molecule is Cc1ccc(NC(=O)c2ccc(CNCc3cc(F)c4c(c3)CN(C3CCC(=O)NC3=O)C4=O)cc2)cc1Nc1nccc(-c2cccnc2)n1. The Bertz CT molecular complexity index is 2160. The fraction of sp³-hybridized carbons (Fsp3) is 0.184. The molecule has 51 heavy (non-hydrogen) atoms. The quantitative estimate of drug-likeness (QED) is 0.148. The molecule has 2 aliphatic heterocycles. The Morgan fingerprint density at radius 3 is 2.59 bits per heavy atom. The van der Waals surface area contributed by atoms with E-state index in [1.165, 1.54) is 11.0 Å². The van der Waals surface area contributed by atoms with Gasteiger partial charge in [-0.1, -0.05) is 24.3 Å². The number of anilines is 3. The van der Waals surface area contributed by atoms with Crippen LogP contribution >= 0.6 is 0 Å². The number of hydrogen-bond donors (Lipinski definition) is 4. The zero-order valence-electron chi connectivity index (χ0n) is 27.6. The summed E-state index contributed by atoms with van der Waals surface area (Å²) in [6, 6.07) is 20.6. The predicted octanol–water partition coefficient (Wildman–Crippen LogP) is 5.03. The molecule has 0 aliphatic carbocycles. The first-order chi connectivity index (χ1) is 24.7. The molecular weight excluding hydrogens is 651 g/mol. The highest BCUT2D eigenvalue weighted by molar-refractivity contribution is 6.06. The van der Waals surface area contributed by atoms with Crippen LogP contribution in [0, 0.1) is 12.7 Å². The molecule has 1 saturated heterocycles. The molecule has 3 aromatic carbocycles. The maximum absolute atomic E-state index is 15.1. The minimum Gasteiger partial charge on any atom is -0.324 e. The van der Waals surface area contributed by atoms with E-state index >= 15 is 4.39 Å². The van der Waals surface area contributed by atoms with Crippen molar-refractivity contribution in [2.24, 2.45) is 0 Å². The maximum atomic E-state index is 15.1. The first kappa shape index (κ1) is 33.2. The number of amides is 4. The average molecular weight is 685 g/mol. The minimum atomic E-state index is -0.804. The molecule has 4 N–H and O–H groups in total. The second kappa shape index (κ2) is 14.3. The summed E-state index contributed by atoms with van der Waals surface area (Å²) in [5, 5.41) is 11.7. The van der Waals surface area contributed by atoms with Gasteiger partial charge in [-0.2, -0.15) is 0 Å². The third-order valence-electron chi connectivity index (χ3n) is 8.86. The van der Waals surface area contributed by atoms with Gasteiger partial charge in [-0.05, 0) is 84.1 Å². The van der Waals surface area contributed by atoms with Crippen molar-refractivity contribution < 1.29 is 23.6 Å². The predicted molar refractivity (Wildman–Crippen MR) is 187 cm³/mol. The van der Waals surface area contributed by atoms with Crippen molar-refractivity contribution in [2.75, 3.05) is 10.6 Å². The number of piperidine rings is 1. The fourth-order valence-corrected chi connectivity index (χ4v) is 6.20. The Morgan fingerprint density at radius 2 is 1.80 bits per heavy atom. The normalized spacial score (nSPS) is 15.4. The topological polar surface area (TPSA) is 158 Å². The lowest BCUT2D eigenvalue weighted by Gasteiger charge is -2.29. The van der Waals surface area contributed by atoms with Crippen LogP contribution in [-0.2, 0) is 29.2 Å². The van der Waals surface area contributed by atoms with E-state index < -0.39 is 23.7 Å². The summed E-state index contributed by atoms with van der Waals surface area (Å²) >= 11 is 0. The smallest absolute Gasteiger partial charge is 0.258 e. The number of halogens is 1. The van der Waals surface area contributed by atoms with E-state index in [1.54, 1.807) is 36.8 Å². The van der Waals surface area contributed by atoms with Crippen molar-refractivity contribution in [1.29, 1.82) is 0 Å². The van der Waals surface area contributed by atoms with Gasteiger partial charge in [0, 0.05) is 67.1 Å². The zero-order chi connectivity index (χ0) is 35.5. The molecule has 4 heterocycles. The van der Waals surface area contributed by atoms with Crippen molar-refractivity contribution in [2.45, 2.75) is 45.4 Å². The number of pyridine rings is 1. The number of aromatic nitrogens is 3. The summed E-state index contributed by atoms with van der Waals surface area (Å²) in [7, 11) is 0. The van der Waals surface area contributed by atoms with Gasteiger partial charge in [0.2, 0.25) is 17.8 Å². The second-order valence-corrected chi connectivity index (χ2v) is 12.4. The fourth-order valence-electron chi connectivity index (χ4n) is 6.20. The zero-order valence-corrected chi connectivity index (χ0v) is 27.6. The number of imide groups is 1. The van der Waals surface area contributed by atoms with Crippen LogP contribution in [0.2, 0.25) is 0 Å². The molecule has 256 valence electrons. The number of aryl methyl sites for hydroxylation is 1. The van der Waals surface area contributed by atoms with Crippen molar-refractivity contribution in [3.8, 4) is 11.3 Å². The molecule has 12 nitrogen and oxygen atoms in total. The van der Waals surface area contributed by atoms with Gasteiger partial charge < -0.3 is 20.9 Å². The molecule has 7 rings (SSSR count). The number of rotatable bonds is 10. The second-order valence-electron chi connectivity index (χ2n) is 12.4. The summed E-state index contributed by atoms with van der Waals surface area (Å²) in [5.41, 5.74) is 6.44. The van der Waals surface area contributed by atoms with E-state index in [4.69, 9.17) is 0 Å². The van der Waals surface area contributed by atoms with Gasteiger partial charge in [-0.15, -0.1) is 0 Å². The molecule has 1 atom stereocenters. The van der Waals surface area contributed by atoms with Gasteiger partial charge in [-0.3, -0.25) is 29.5 Å². The van der Waals surface area contributed by atoms with Crippen LogP contribution < -0.4 is 21.3 Å². The standard InChI is InChI=1S/C38H33FN8O4/c1-22-4-9-28(17-31(22)45-38-42-14-12-30(44-38)26-3-2-13-40-20-26)43-35(49)25-7-5-23(6-8-25)18-41-19-24-15-27-21-47(37(51)34(27)29(39)16-24)32-10-11-33(48)46-36(32)50/h2-9,12-17,20,32,41H,10-11,18-19,21H2,1H3,(H,43,49)(H,42,44,45)(H,46,48,50). The molecule has 5 aromatic rings. The third-order valence-corrected chi connectivity index (χ3v) is 8.86. The summed E-state index contributed by atoms with van der Waals surface area (Å²) in [5.74, 6) is -1.95. The third kappa shape index (κ3) is 7.33. The van der Waals surface area contributed by atoms with Crippen molar-refractivity contribution >= 4 is 41.0 Å². The lowest BCUT2D eigenvalue weighted by atomic mass is 10.0. The van der Waals surface area contributed by atoms with E-state index in [0.717, 1.165) is 28.1 Å². The van der Waals surface area contributed by atoms with E-state index in [9.17, 15) is 19.2 Å². The van der Waals surface area contributed by atoms with Crippen LogP contribution in [0.4, 0.5) is 21.7 Å². The van der Waals surface area contributed by atoms with E-state index in [1.807, 2.05) is 55.5 Å². The Morgan fingerprint density at radius 1 is 0.980 bits per heavy atom. The number of fused-ring (bicyclic) bond motifs is 1. The van der Waals surface area contributed by atoms with Gasteiger partial charge in [0.15, 0.2) is 0 Å². The summed E-state index contributed by atoms with van der Waals surface area (Å²) in [4.78, 5) is 64.3. The molecular formula is C38H33FN8O4. The van der Waals surface area contributed by atoms with Crippen LogP contribution in [0.1, 0.15) is 55.8 Å². The number of carbonyl (C=O) groups is 4. The molecule has 0 bridgehead atoms. The molecule has 0 saturated carbocycles. The van der Waals surface area contributed by atoms with E-state index in [2.05, 4.69) is 36.2 Å². The highest BCUT2D eigenvalue weighted by Crippen LogP contribution is 2.30. The van der Waals surface area contributed by atoms with Gasteiger partial charge in [-0.25, -0.2) is 14.4 Å². The van der Waals surface area contributed by atoms with Crippen LogP contribution in [0.3, 0.4) is 0 Å². The molecule has 0 spiro atoms. The Labute approximate surface area is 292 Å². The van der Waals surface area contributed by atoms with Gasteiger partial charge in [0.05, 0.1) is 11.3 Å². The summed E-state index contributed by atoms with van der Waals surface area (Å²) in [6.45, 7) is 2.84. The number of carbonyl (C=O) groups excluding carboxylic acids is 4. The van der Waals surface area contributed by atoms with Crippen molar-refractivity contribution in [1.82, 2.24) is 30.5 Å². The number of nitrogens with zero attached hydrogens (tertiary/aromatic N) is 4. The Hall–Kier alpha value is -6.34. The molecule has 1 unspecified atom stereocenters. The van der Waals surface area contributed by atoms with Crippen LogP contribution in [0.25, 0.3) is 11.3 Å². The summed E-state index contributed by atoms with van der Waals surface area (Å²) in [6.07, 6.45) is 5.46. The van der Waals surface area contributed by atoms with E-state index in [0.29, 0.717) is 41.4 Å². The average Bonchev–Trinajstić information content (AvgIpc) is 3.46. The van der Waals surface area contributed by atoms with Crippen LogP contribution in [0.5, 0.6) is 0 Å². The lowest BCUT2D eigenvalue weighted by Crippen LogP contribution is -2.52. The molecule has 0 radical (unpaired) electrons. The van der Waals surface area contributed by atoms with E-state index in [-0.39, 0.29) is 36.8 Å². The molecule has 1 fully saturated rings. The molecule has 2 aliphatic rings. The number of hydrogen-bond acceptors (Lipinski definition) is 9.